The second-order valence-electron chi connectivity index (χ2n) is 6.97. The average Bonchev–Trinajstić information content (AvgIpc) is 2.44. The fraction of sp³-hybridized carbons (Fsp3) is 0.812. The topological polar surface area (TPSA) is 46.5 Å². The zero-order valence-electron chi connectivity index (χ0n) is 14.2. The summed E-state index contributed by atoms with van der Waals surface area (Å²) in [7, 11) is 0. The monoisotopic (exact) mass is 376 g/mol. The smallest absolute Gasteiger partial charge is 0.428 e. The maximum absolute atomic E-state index is 13.5. The molecule has 1 rings (SSSR count). The van der Waals surface area contributed by atoms with Gasteiger partial charge in [0.1, 0.15) is 0 Å². The Hall–Kier alpha value is -1.25. The van der Waals surface area contributed by atoms with E-state index in [0.717, 1.165) is 6.92 Å². The zero-order chi connectivity index (χ0) is 19.8. The molecular weight excluding hydrogens is 354 g/mol. The van der Waals surface area contributed by atoms with Gasteiger partial charge in [-0.1, -0.05) is 6.58 Å². The summed E-state index contributed by atoms with van der Waals surface area (Å²) in [5.41, 5.74) is -6.00. The third kappa shape index (κ3) is 4.30. The predicted octanol–water partition coefficient (Wildman–Crippen LogP) is 4.55. The number of alkyl halides is 6. The summed E-state index contributed by atoms with van der Waals surface area (Å²) in [5.74, 6) is -3.61. The third-order valence-electron chi connectivity index (χ3n) is 5.09. The number of rotatable bonds is 4. The van der Waals surface area contributed by atoms with Crippen LogP contribution in [0.25, 0.3) is 0 Å². The van der Waals surface area contributed by atoms with Crippen molar-refractivity contribution in [3.63, 3.8) is 0 Å². The SMILES string of the molecule is C=C(C)C(=O)OC(C)(C1CCC(C(C)(O)C(F)(F)F)CC1)C(F)(F)F. The summed E-state index contributed by atoms with van der Waals surface area (Å²) in [6.45, 7) is 5.79. The number of ether oxygens (including phenoxy) is 1. The summed E-state index contributed by atoms with van der Waals surface area (Å²) >= 11 is 0. The first-order valence-electron chi connectivity index (χ1n) is 7.78. The molecule has 0 aromatic carbocycles. The molecule has 146 valence electrons. The fourth-order valence-electron chi connectivity index (χ4n) is 3.09. The van der Waals surface area contributed by atoms with Crippen molar-refractivity contribution in [2.24, 2.45) is 11.8 Å². The highest BCUT2D eigenvalue weighted by atomic mass is 19.4. The number of carbonyl (C=O) groups is 1. The van der Waals surface area contributed by atoms with Crippen LogP contribution in [0, 0.1) is 11.8 Å². The minimum atomic E-state index is -4.89. The molecule has 3 nitrogen and oxygen atoms in total. The summed E-state index contributed by atoms with van der Waals surface area (Å²) in [6, 6.07) is 0. The van der Waals surface area contributed by atoms with Gasteiger partial charge in [0.2, 0.25) is 5.60 Å². The highest BCUT2D eigenvalue weighted by molar-refractivity contribution is 5.87. The van der Waals surface area contributed by atoms with Gasteiger partial charge in [0, 0.05) is 11.5 Å². The summed E-state index contributed by atoms with van der Waals surface area (Å²) in [5, 5.41) is 9.70. The summed E-state index contributed by atoms with van der Waals surface area (Å²) in [4.78, 5) is 11.6. The van der Waals surface area contributed by atoms with Gasteiger partial charge in [0.25, 0.3) is 0 Å². The van der Waals surface area contributed by atoms with Crippen LogP contribution in [0.15, 0.2) is 12.2 Å². The number of hydrogen-bond donors (Lipinski definition) is 1. The normalized spacial score (nSPS) is 27.1. The van der Waals surface area contributed by atoms with Gasteiger partial charge in [-0.05, 0) is 52.4 Å². The summed E-state index contributed by atoms with van der Waals surface area (Å²) in [6.07, 6.45) is -10.8. The largest absolute Gasteiger partial charge is 0.446 e. The molecule has 25 heavy (non-hydrogen) atoms. The Morgan fingerprint density at radius 3 is 1.68 bits per heavy atom. The van der Waals surface area contributed by atoms with E-state index in [-0.39, 0.29) is 31.3 Å². The van der Waals surface area contributed by atoms with Gasteiger partial charge in [-0.25, -0.2) is 4.79 Å². The van der Waals surface area contributed by atoms with Crippen molar-refractivity contribution in [1.82, 2.24) is 0 Å². The molecule has 1 N–H and O–H groups in total. The standard InChI is InChI=1S/C16H22F6O3/c1-9(2)12(23)25-14(4,16(20,21)22)11-7-5-10(6-8-11)13(3,24)15(17,18)19/h10-11,24H,1,5-8H2,2-4H3. The maximum Gasteiger partial charge on any atom is 0.428 e. The van der Waals surface area contributed by atoms with Gasteiger partial charge in [-0.2, -0.15) is 26.3 Å². The molecule has 1 aliphatic rings. The van der Waals surface area contributed by atoms with Crippen LogP contribution in [-0.2, 0) is 9.53 Å². The van der Waals surface area contributed by atoms with Crippen molar-refractivity contribution in [3.8, 4) is 0 Å². The molecule has 9 heteroatoms. The van der Waals surface area contributed by atoms with Crippen LogP contribution in [0.1, 0.15) is 46.5 Å². The molecule has 1 saturated carbocycles. The van der Waals surface area contributed by atoms with Crippen molar-refractivity contribution in [2.45, 2.75) is 70.0 Å². The molecule has 0 amide bonds. The Bertz CT molecular complexity index is 515. The zero-order valence-corrected chi connectivity index (χ0v) is 14.2. The van der Waals surface area contributed by atoms with E-state index < -0.39 is 41.4 Å². The second-order valence-corrected chi connectivity index (χ2v) is 6.97. The van der Waals surface area contributed by atoms with Gasteiger partial charge in [0.05, 0.1) is 0 Å². The minimum Gasteiger partial charge on any atom is -0.446 e. The van der Waals surface area contributed by atoms with Crippen LogP contribution < -0.4 is 0 Å². The van der Waals surface area contributed by atoms with Crippen molar-refractivity contribution in [2.75, 3.05) is 0 Å². The molecule has 0 radical (unpaired) electrons. The number of aliphatic hydroxyl groups is 1. The molecule has 1 aliphatic carbocycles. The number of carbonyl (C=O) groups excluding carboxylic acids is 1. The van der Waals surface area contributed by atoms with E-state index in [0.29, 0.717) is 6.92 Å². The quantitative estimate of drug-likeness (QED) is 0.445. The maximum atomic E-state index is 13.5. The lowest BCUT2D eigenvalue weighted by atomic mass is 9.69. The Labute approximate surface area is 142 Å². The van der Waals surface area contributed by atoms with E-state index in [1.54, 1.807) is 0 Å². The van der Waals surface area contributed by atoms with E-state index in [9.17, 15) is 36.2 Å². The Morgan fingerprint density at radius 1 is 0.960 bits per heavy atom. The average molecular weight is 376 g/mol. The van der Waals surface area contributed by atoms with Crippen LogP contribution in [0.3, 0.4) is 0 Å². The van der Waals surface area contributed by atoms with Gasteiger partial charge in [-0.15, -0.1) is 0 Å². The fourth-order valence-corrected chi connectivity index (χ4v) is 3.09. The molecule has 0 aromatic heterocycles. The Morgan fingerprint density at radius 2 is 1.36 bits per heavy atom. The van der Waals surface area contributed by atoms with Crippen LogP contribution in [-0.4, -0.2) is 34.6 Å². The first-order chi connectivity index (χ1) is 11.0. The molecule has 0 aliphatic heterocycles. The van der Waals surface area contributed by atoms with Crippen LogP contribution in [0.4, 0.5) is 26.3 Å². The van der Waals surface area contributed by atoms with Gasteiger partial charge >= 0.3 is 18.3 Å². The second kappa shape index (κ2) is 6.81. The molecule has 0 saturated heterocycles. The van der Waals surface area contributed by atoms with E-state index in [4.69, 9.17) is 0 Å². The molecule has 0 aromatic rings. The molecule has 1 fully saturated rings. The first-order valence-corrected chi connectivity index (χ1v) is 7.78. The van der Waals surface area contributed by atoms with Gasteiger partial charge in [0.15, 0.2) is 5.60 Å². The minimum absolute atomic E-state index is 0.204. The lowest BCUT2D eigenvalue weighted by molar-refractivity contribution is -0.292. The highest BCUT2D eigenvalue weighted by Crippen LogP contribution is 2.50. The molecule has 0 heterocycles. The Kier molecular flexibility index (Phi) is 5.94. The van der Waals surface area contributed by atoms with E-state index in [1.807, 2.05) is 0 Å². The van der Waals surface area contributed by atoms with E-state index in [1.165, 1.54) is 6.92 Å². The van der Waals surface area contributed by atoms with Crippen LogP contribution >= 0.6 is 0 Å². The number of hydrogen-bond acceptors (Lipinski definition) is 3. The molecular formula is C16H22F6O3. The predicted molar refractivity (Wildman–Crippen MR) is 77.5 cm³/mol. The van der Waals surface area contributed by atoms with E-state index in [2.05, 4.69) is 11.3 Å². The van der Waals surface area contributed by atoms with Crippen LogP contribution in [0.2, 0.25) is 0 Å². The van der Waals surface area contributed by atoms with E-state index >= 15 is 0 Å². The van der Waals surface area contributed by atoms with Crippen molar-refractivity contribution in [3.05, 3.63) is 12.2 Å². The molecule has 0 spiro atoms. The lowest BCUT2D eigenvalue weighted by Crippen LogP contribution is -2.55. The van der Waals surface area contributed by atoms with Crippen molar-refractivity contribution in [1.29, 1.82) is 0 Å². The highest BCUT2D eigenvalue weighted by Gasteiger charge is 2.61. The molecule has 2 atom stereocenters. The molecule has 2 unspecified atom stereocenters. The Balaban J connectivity index is 2.97. The lowest BCUT2D eigenvalue weighted by Gasteiger charge is -2.44. The van der Waals surface area contributed by atoms with Crippen molar-refractivity contribution >= 4 is 5.97 Å². The third-order valence-corrected chi connectivity index (χ3v) is 5.09. The first kappa shape index (κ1) is 21.8. The van der Waals surface area contributed by atoms with Gasteiger partial charge in [-0.3, -0.25) is 0 Å². The van der Waals surface area contributed by atoms with Crippen molar-refractivity contribution < 1.29 is 41.0 Å². The summed E-state index contributed by atoms with van der Waals surface area (Å²) < 4.78 is 83.8. The number of halogens is 6. The number of esters is 1. The molecule has 0 bridgehead atoms. The van der Waals surface area contributed by atoms with Gasteiger partial charge < -0.3 is 9.84 Å². The van der Waals surface area contributed by atoms with Crippen LogP contribution in [0.5, 0.6) is 0 Å².